The normalized spacial score (nSPS) is 11.4. The fourth-order valence-corrected chi connectivity index (χ4v) is 2.18. The Morgan fingerprint density at radius 1 is 1.09 bits per heavy atom. The number of nitro benzene ring substituents is 1. The van der Waals surface area contributed by atoms with E-state index in [0.29, 0.717) is 18.2 Å². The number of hydrogen-bond donors (Lipinski definition) is 0. The molecule has 0 spiro atoms. The largest absolute Gasteiger partial charge is 0.451 e. The molecule has 0 aliphatic rings. The van der Waals surface area contributed by atoms with Gasteiger partial charge in [0.1, 0.15) is 0 Å². The van der Waals surface area contributed by atoms with Crippen molar-refractivity contribution in [2.45, 2.75) is 6.18 Å². The highest BCUT2D eigenvalue weighted by Crippen LogP contribution is 2.42. The lowest BCUT2D eigenvalue weighted by Gasteiger charge is -2.13. The second-order valence-electron chi connectivity index (χ2n) is 4.24. The fourth-order valence-electron chi connectivity index (χ4n) is 1.62. The van der Waals surface area contributed by atoms with Crippen LogP contribution >= 0.6 is 23.2 Å². The molecule has 0 N–H and O–H groups in total. The van der Waals surface area contributed by atoms with Crippen LogP contribution in [0.3, 0.4) is 0 Å². The minimum absolute atomic E-state index is 0.394. The summed E-state index contributed by atoms with van der Waals surface area (Å²) in [6, 6.07) is 3.65. The van der Waals surface area contributed by atoms with Gasteiger partial charge in [0.25, 0.3) is 5.69 Å². The number of hydrogen-bond acceptors (Lipinski definition) is 3. The molecule has 0 aliphatic heterocycles. The third-order valence-electron chi connectivity index (χ3n) is 2.66. The van der Waals surface area contributed by atoms with Crippen LogP contribution in [-0.2, 0) is 6.18 Å². The van der Waals surface area contributed by atoms with Gasteiger partial charge in [-0.2, -0.15) is 13.2 Å². The highest BCUT2D eigenvalue weighted by molar-refractivity contribution is 6.37. The van der Waals surface area contributed by atoms with E-state index in [-0.39, 0.29) is 0 Å². The molecule has 0 bridgehead atoms. The van der Waals surface area contributed by atoms with Crippen molar-refractivity contribution in [3.63, 3.8) is 0 Å². The second-order valence-corrected chi connectivity index (χ2v) is 5.06. The van der Waals surface area contributed by atoms with Gasteiger partial charge in [-0.3, -0.25) is 10.1 Å². The van der Waals surface area contributed by atoms with Crippen LogP contribution in [0.15, 0.2) is 30.3 Å². The van der Waals surface area contributed by atoms with Crippen LogP contribution in [0.2, 0.25) is 10.0 Å². The minimum atomic E-state index is -4.66. The van der Waals surface area contributed by atoms with Gasteiger partial charge in [-0.1, -0.05) is 23.2 Å². The van der Waals surface area contributed by atoms with E-state index < -0.39 is 49.7 Å². The van der Waals surface area contributed by atoms with Gasteiger partial charge in [-0.25, -0.2) is 4.39 Å². The molecule has 0 radical (unpaired) electrons. The van der Waals surface area contributed by atoms with E-state index in [1.165, 1.54) is 0 Å². The summed E-state index contributed by atoms with van der Waals surface area (Å²) in [5.41, 5.74) is -1.61. The van der Waals surface area contributed by atoms with Crippen LogP contribution in [0.4, 0.5) is 23.2 Å². The first kappa shape index (κ1) is 17.3. The maximum Gasteiger partial charge on any atom is 0.416 e. The SMILES string of the molecule is O=[N+]([O-])c1ccc(Oc2c(Cl)cc(C(F)(F)F)cc2Cl)c(F)c1. The summed E-state index contributed by atoms with van der Waals surface area (Å²) in [7, 11) is 0. The van der Waals surface area contributed by atoms with E-state index in [1.54, 1.807) is 0 Å². The molecular formula is C13H5Cl2F4NO3. The van der Waals surface area contributed by atoms with Crippen LogP contribution in [-0.4, -0.2) is 4.92 Å². The quantitative estimate of drug-likeness (QED) is 0.387. The molecule has 4 nitrogen and oxygen atoms in total. The molecule has 0 aliphatic carbocycles. The molecule has 0 fully saturated rings. The average Bonchev–Trinajstić information content (AvgIpc) is 2.42. The first-order valence-electron chi connectivity index (χ1n) is 5.77. The number of benzene rings is 2. The lowest BCUT2D eigenvalue weighted by atomic mass is 10.2. The third-order valence-corrected chi connectivity index (χ3v) is 3.23. The molecule has 2 rings (SSSR count). The Labute approximate surface area is 136 Å². The lowest BCUT2D eigenvalue weighted by molar-refractivity contribution is -0.385. The van der Waals surface area contributed by atoms with Crippen LogP contribution < -0.4 is 4.74 Å². The van der Waals surface area contributed by atoms with Gasteiger partial charge >= 0.3 is 6.18 Å². The van der Waals surface area contributed by atoms with Crippen LogP contribution in [0.5, 0.6) is 11.5 Å². The number of nitro groups is 1. The Morgan fingerprint density at radius 2 is 1.65 bits per heavy atom. The van der Waals surface area contributed by atoms with Crippen LogP contribution in [0, 0.1) is 15.9 Å². The highest BCUT2D eigenvalue weighted by atomic mass is 35.5. The van der Waals surface area contributed by atoms with Crippen molar-refractivity contribution in [2.75, 3.05) is 0 Å². The zero-order valence-corrected chi connectivity index (χ0v) is 12.3. The first-order valence-corrected chi connectivity index (χ1v) is 6.53. The van der Waals surface area contributed by atoms with E-state index in [2.05, 4.69) is 0 Å². The molecule has 0 heterocycles. The summed E-state index contributed by atoms with van der Waals surface area (Å²) < 4.78 is 56.6. The van der Waals surface area contributed by atoms with Gasteiger partial charge in [0.15, 0.2) is 17.3 Å². The third kappa shape index (κ3) is 3.83. The summed E-state index contributed by atoms with van der Waals surface area (Å²) in [5, 5.41) is 9.54. The zero-order valence-electron chi connectivity index (χ0n) is 10.8. The van der Waals surface area contributed by atoms with Crippen molar-refractivity contribution < 1.29 is 27.2 Å². The summed E-state index contributed by atoms with van der Waals surface area (Å²) in [6.07, 6.45) is -4.66. The molecule has 2 aromatic carbocycles. The number of halogens is 6. The topological polar surface area (TPSA) is 52.4 Å². The first-order chi connectivity index (χ1) is 10.6. The lowest BCUT2D eigenvalue weighted by Crippen LogP contribution is -2.05. The van der Waals surface area contributed by atoms with Crippen LogP contribution in [0.25, 0.3) is 0 Å². The fraction of sp³-hybridized carbons (Fsp3) is 0.0769. The van der Waals surface area contributed by atoms with Gasteiger partial charge in [-0.05, 0) is 18.2 Å². The Morgan fingerprint density at radius 3 is 2.09 bits per heavy atom. The van der Waals surface area contributed by atoms with E-state index >= 15 is 0 Å². The second kappa shape index (κ2) is 6.21. The molecule has 122 valence electrons. The number of rotatable bonds is 3. The Balaban J connectivity index is 2.39. The molecular weight excluding hydrogens is 365 g/mol. The van der Waals surface area contributed by atoms with Gasteiger partial charge in [0, 0.05) is 6.07 Å². The van der Waals surface area contributed by atoms with E-state index in [1.807, 2.05) is 0 Å². The summed E-state index contributed by atoms with van der Waals surface area (Å²) >= 11 is 11.4. The molecule has 0 aromatic heterocycles. The van der Waals surface area contributed by atoms with Gasteiger partial charge in [0.2, 0.25) is 0 Å². The molecule has 0 saturated heterocycles. The average molecular weight is 370 g/mol. The van der Waals surface area contributed by atoms with Crippen molar-refractivity contribution in [3.8, 4) is 11.5 Å². The molecule has 23 heavy (non-hydrogen) atoms. The monoisotopic (exact) mass is 369 g/mol. The zero-order chi connectivity index (χ0) is 17.4. The van der Waals surface area contributed by atoms with Gasteiger partial charge in [-0.15, -0.1) is 0 Å². The van der Waals surface area contributed by atoms with E-state index in [0.717, 1.165) is 12.1 Å². The van der Waals surface area contributed by atoms with Gasteiger partial charge in [0.05, 0.1) is 26.6 Å². The van der Waals surface area contributed by atoms with Crippen molar-refractivity contribution in [1.82, 2.24) is 0 Å². The van der Waals surface area contributed by atoms with E-state index in [9.17, 15) is 27.7 Å². The molecule has 0 atom stereocenters. The molecule has 0 amide bonds. The Kier molecular flexibility index (Phi) is 4.67. The smallest absolute Gasteiger partial charge is 0.416 e. The maximum absolute atomic E-state index is 13.7. The molecule has 2 aromatic rings. The number of nitrogens with zero attached hydrogens (tertiary/aromatic N) is 1. The van der Waals surface area contributed by atoms with Crippen molar-refractivity contribution in [3.05, 3.63) is 61.9 Å². The standard InChI is InChI=1S/C13H5Cl2F4NO3/c14-8-3-6(13(17,18)19)4-9(15)12(8)23-11-2-1-7(20(21)22)5-10(11)16/h1-5H. The Bertz CT molecular complexity index is 757. The Hall–Kier alpha value is -2.06. The molecule has 0 unspecified atom stereocenters. The van der Waals surface area contributed by atoms with E-state index in [4.69, 9.17) is 27.9 Å². The minimum Gasteiger partial charge on any atom is -0.451 e. The van der Waals surface area contributed by atoms with Crippen molar-refractivity contribution >= 4 is 28.9 Å². The predicted molar refractivity (Wildman–Crippen MR) is 74.6 cm³/mol. The van der Waals surface area contributed by atoms with Gasteiger partial charge < -0.3 is 4.74 Å². The molecule has 10 heteroatoms. The predicted octanol–water partition coefficient (Wildman–Crippen LogP) is 5.85. The number of ether oxygens (including phenoxy) is 1. The van der Waals surface area contributed by atoms with Crippen molar-refractivity contribution in [1.29, 1.82) is 0 Å². The van der Waals surface area contributed by atoms with Crippen molar-refractivity contribution in [2.24, 2.45) is 0 Å². The summed E-state index contributed by atoms with van der Waals surface area (Å²) in [5.74, 6) is -1.96. The highest BCUT2D eigenvalue weighted by Gasteiger charge is 2.32. The van der Waals surface area contributed by atoms with Crippen LogP contribution in [0.1, 0.15) is 5.56 Å². The number of non-ortho nitro benzene ring substituents is 1. The number of alkyl halides is 3. The summed E-state index contributed by atoms with van der Waals surface area (Å²) in [6.45, 7) is 0. The summed E-state index contributed by atoms with van der Waals surface area (Å²) in [4.78, 5) is 9.70. The maximum atomic E-state index is 13.7. The molecule has 0 saturated carbocycles.